The third-order valence-corrected chi connectivity index (χ3v) is 6.27. The predicted molar refractivity (Wildman–Crippen MR) is 101 cm³/mol. The lowest BCUT2D eigenvalue weighted by Gasteiger charge is -2.38. The molecule has 1 atom stereocenters. The van der Waals surface area contributed by atoms with Crippen molar-refractivity contribution in [2.75, 3.05) is 33.4 Å². The summed E-state index contributed by atoms with van der Waals surface area (Å²) < 4.78 is 19.2. The molecule has 1 N–H and O–H groups in total. The number of hydrogen-bond acceptors (Lipinski definition) is 3. The van der Waals surface area contributed by atoms with E-state index < -0.39 is 0 Å². The Labute approximate surface area is 160 Å². The van der Waals surface area contributed by atoms with Crippen LogP contribution in [0.5, 0.6) is 0 Å². The highest BCUT2D eigenvalue weighted by atomic mass is 35.5. The van der Waals surface area contributed by atoms with E-state index in [2.05, 4.69) is 10.2 Å². The highest BCUT2D eigenvalue weighted by molar-refractivity contribution is 6.30. The van der Waals surface area contributed by atoms with Gasteiger partial charge in [-0.25, -0.2) is 4.39 Å². The zero-order valence-corrected chi connectivity index (χ0v) is 16.2. The standard InChI is InChI=1S/C20H28ClFN2O2/c1-26-13-18(25)23-10-16-12-24(14-20(16)8-3-2-4-9-20)11-15-6-5-7-17(21)19(15)22/h5-7,16H,2-4,8-14H2,1H3,(H,23,25). The van der Waals surface area contributed by atoms with E-state index in [0.29, 0.717) is 24.6 Å². The van der Waals surface area contributed by atoms with Crippen molar-refractivity contribution in [3.63, 3.8) is 0 Å². The lowest BCUT2D eigenvalue weighted by Crippen LogP contribution is -2.40. The average Bonchev–Trinajstić information content (AvgIpc) is 2.94. The number of amides is 1. The first-order valence-corrected chi connectivity index (χ1v) is 9.83. The summed E-state index contributed by atoms with van der Waals surface area (Å²) in [6.07, 6.45) is 6.13. The quantitative estimate of drug-likeness (QED) is 0.816. The van der Waals surface area contributed by atoms with Crippen molar-refractivity contribution < 1.29 is 13.9 Å². The Hall–Kier alpha value is -1.17. The summed E-state index contributed by atoms with van der Waals surface area (Å²) in [5.41, 5.74) is 0.876. The van der Waals surface area contributed by atoms with Crippen LogP contribution in [0.25, 0.3) is 0 Å². The molecular weight excluding hydrogens is 355 g/mol. The van der Waals surface area contributed by atoms with Crippen molar-refractivity contribution in [3.05, 3.63) is 34.6 Å². The van der Waals surface area contributed by atoms with Gasteiger partial charge < -0.3 is 10.1 Å². The molecule has 1 aromatic carbocycles. The number of nitrogens with zero attached hydrogens (tertiary/aromatic N) is 1. The predicted octanol–water partition coefficient (Wildman–Crippen LogP) is 3.62. The molecular formula is C20H28ClFN2O2. The van der Waals surface area contributed by atoms with E-state index in [1.807, 2.05) is 6.07 Å². The molecule has 1 heterocycles. The maximum atomic E-state index is 14.3. The molecule has 1 amide bonds. The molecule has 2 aliphatic rings. The Morgan fingerprint density at radius 1 is 1.38 bits per heavy atom. The Kier molecular flexibility index (Phi) is 6.54. The molecule has 4 nitrogen and oxygen atoms in total. The smallest absolute Gasteiger partial charge is 0.245 e. The van der Waals surface area contributed by atoms with Crippen molar-refractivity contribution >= 4 is 17.5 Å². The summed E-state index contributed by atoms with van der Waals surface area (Å²) in [6.45, 7) is 3.16. The Morgan fingerprint density at radius 2 is 2.15 bits per heavy atom. The summed E-state index contributed by atoms with van der Waals surface area (Å²) >= 11 is 5.93. The van der Waals surface area contributed by atoms with Crippen LogP contribution in [0.3, 0.4) is 0 Å². The van der Waals surface area contributed by atoms with Gasteiger partial charge in [-0.15, -0.1) is 0 Å². The van der Waals surface area contributed by atoms with E-state index in [9.17, 15) is 9.18 Å². The zero-order valence-electron chi connectivity index (χ0n) is 15.4. The largest absolute Gasteiger partial charge is 0.375 e. The van der Waals surface area contributed by atoms with Crippen LogP contribution >= 0.6 is 11.6 Å². The van der Waals surface area contributed by atoms with Crippen molar-refractivity contribution in [1.82, 2.24) is 10.2 Å². The molecule has 144 valence electrons. The third-order valence-electron chi connectivity index (χ3n) is 5.98. The van der Waals surface area contributed by atoms with Gasteiger partial charge in [0.05, 0.1) is 5.02 Å². The molecule has 0 radical (unpaired) electrons. The van der Waals surface area contributed by atoms with Crippen molar-refractivity contribution in [2.45, 2.75) is 38.6 Å². The number of methoxy groups -OCH3 is 1. The maximum absolute atomic E-state index is 14.3. The van der Waals surface area contributed by atoms with Gasteiger partial charge >= 0.3 is 0 Å². The van der Waals surface area contributed by atoms with Crippen LogP contribution in [0.4, 0.5) is 4.39 Å². The first kappa shape index (κ1) is 19.6. The first-order valence-electron chi connectivity index (χ1n) is 9.45. The molecule has 1 aliphatic heterocycles. The molecule has 1 aromatic rings. The van der Waals surface area contributed by atoms with E-state index in [1.165, 1.54) is 39.2 Å². The molecule has 1 aliphatic carbocycles. The fourth-order valence-electron chi connectivity index (χ4n) is 4.70. The maximum Gasteiger partial charge on any atom is 0.245 e. The van der Waals surface area contributed by atoms with Crippen LogP contribution in [0.15, 0.2) is 18.2 Å². The second-order valence-electron chi connectivity index (χ2n) is 7.74. The number of benzene rings is 1. The second-order valence-corrected chi connectivity index (χ2v) is 8.15. The zero-order chi connectivity index (χ0) is 18.6. The van der Waals surface area contributed by atoms with Crippen molar-refractivity contribution in [3.8, 4) is 0 Å². The van der Waals surface area contributed by atoms with Gasteiger partial charge in [0.2, 0.25) is 5.91 Å². The molecule has 1 saturated carbocycles. The summed E-state index contributed by atoms with van der Waals surface area (Å²) in [5.74, 6) is 0.00681. The summed E-state index contributed by atoms with van der Waals surface area (Å²) in [6, 6.07) is 5.19. The normalized spacial score (nSPS) is 22.7. The van der Waals surface area contributed by atoms with Gasteiger partial charge in [0.15, 0.2) is 0 Å². The van der Waals surface area contributed by atoms with Gasteiger partial charge in [0.1, 0.15) is 12.4 Å². The Morgan fingerprint density at radius 3 is 2.88 bits per heavy atom. The van der Waals surface area contributed by atoms with Crippen LogP contribution in [0.1, 0.15) is 37.7 Å². The van der Waals surface area contributed by atoms with E-state index in [-0.39, 0.29) is 28.8 Å². The van der Waals surface area contributed by atoms with Gasteiger partial charge in [-0.1, -0.05) is 43.0 Å². The number of hydrogen-bond donors (Lipinski definition) is 1. The molecule has 3 rings (SSSR count). The van der Waals surface area contributed by atoms with E-state index >= 15 is 0 Å². The lowest BCUT2D eigenvalue weighted by molar-refractivity contribution is -0.125. The summed E-state index contributed by atoms with van der Waals surface area (Å²) in [5, 5.41) is 3.19. The molecule has 6 heteroatoms. The first-order chi connectivity index (χ1) is 12.5. The van der Waals surface area contributed by atoms with E-state index in [1.54, 1.807) is 12.1 Å². The fraction of sp³-hybridized carbons (Fsp3) is 0.650. The van der Waals surface area contributed by atoms with Gasteiger partial charge in [0.25, 0.3) is 0 Å². The summed E-state index contributed by atoms with van der Waals surface area (Å²) in [4.78, 5) is 14.1. The Bertz CT molecular complexity index is 634. The van der Waals surface area contributed by atoms with Crippen molar-refractivity contribution in [2.24, 2.45) is 11.3 Å². The van der Waals surface area contributed by atoms with E-state index in [0.717, 1.165) is 13.1 Å². The minimum Gasteiger partial charge on any atom is -0.375 e. The molecule has 0 bridgehead atoms. The number of rotatable bonds is 6. The molecule has 0 aromatic heterocycles. The molecule has 1 unspecified atom stereocenters. The third kappa shape index (κ3) is 4.38. The number of halogens is 2. The van der Waals surface area contributed by atoms with Gasteiger partial charge in [0, 0.05) is 38.9 Å². The van der Waals surface area contributed by atoms with Crippen LogP contribution < -0.4 is 5.32 Å². The van der Waals surface area contributed by atoms with Gasteiger partial charge in [-0.2, -0.15) is 0 Å². The SMILES string of the molecule is COCC(=O)NCC1CN(Cc2cccc(Cl)c2F)CC12CCCCC2. The lowest BCUT2D eigenvalue weighted by atomic mass is 9.67. The monoisotopic (exact) mass is 382 g/mol. The number of ether oxygens (including phenoxy) is 1. The highest BCUT2D eigenvalue weighted by Gasteiger charge is 2.46. The number of carbonyl (C=O) groups excluding carboxylic acids is 1. The highest BCUT2D eigenvalue weighted by Crippen LogP contribution is 2.47. The average molecular weight is 383 g/mol. The Balaban J connectivity index is 1.69. The van der Waals surface area contributed by atoms with Crippen LogP contribution in [0, 0.1) is 17.2 Å². The minimum absolute atomic E-state index is 0.0715. The summed E-state index contributed by atoms with van der Waals surface area (Å²) in [7, 11) is 1.53. The molecule has 26 heavy (non-hydrogen) atoms. The number of nitrogens with one attached hydrogen (secondary N) is 1. The minimum atomic E-state index is -0.316. The number of likely N-dealkylation sites (tertiary alicyclic amines) is 1. The van der Waals surface area contributed by atoms with Crippen LogP contribution in [0.2, 0.25) is 5.02 Å². The fourth-order valence-corrected chi connectivity index (χ4v) is 4.89. The van der Waals surface area contributed by atoms with E-state index in [4.69, 9.17) is 16.3 Å². The topological polar surface area (TPSA) is 41.6 Å². The van der Waals surface area contributed by atoms with Crippen molar-refractivity contribution in [1.29, 1.82) is 0 Å². The molecule has 2 fully saturated rings. The van der Waals surface area contributed by atoms with Gasteiger partial charge in [-0.3, -0.25) is 9.69 Å². The second kappa shape index (κ2) is 8.68. The number of carbonyl (C=O) groups is 1. The molecule has 1 saturated heterocycles. The van der Waals surface area contributed by atoms with Crippen LogP contribution in [-0.2, 0) is 16.1 Å². The van der Waals surface area contributed by atoms with Gasteiger partial charge in [-0.05, 0) is 30.2 Å². The molecule has 1 spiro atoms. The van der Waals surface area contributed by atoms with Crippen LogP contribution in [-0.4, -0.2) is 44.2 Å².